The van der Waals surface area contributed by atoms with Crippen LogP contribution in [-0.2, 0) is 5.41 Å². The van der Waals surface area contributed by atoms with Crippen molar-refractivity contribution in [3.63, 3.8) is 0 Å². The summed E-state index contributed by atoms with van der Waals surface area (Å²) >= 11 is 1.88. The van der Waals surface area contributed by atoms with Gasteiger partial charge in [0.1, 0.15) is 0 Å². The SMILES string of the molecule is c1ccc(-c2cc(-c3ccccc3)nc(-c3cccc(-c4ccc5c(c4)C4(c6ccccc6S5)c5ccccc5-c5ccccc54)c3)n2)cc1. The molecule has 0 N–H and O–H groups in total. The molecule has 2 aliphatic rings. The van der Waals surface area contributed by atoms with Crippen molar-refractivity contribution < 1.29 is 0 Å². The van der Waals surface area contributed by atoms with Gasteiger partial charge in [-0.05, 0) is 74.8 Å². The van der Waals surface area contributed by atoms with Gasteiger partial charge in [-0.2, -0.15) is 0 Å². The lowest BCUT2D eigenvalue weighted by Gasteiger charge is -2.40. The van der Waals surface area contributed by atoms with Crippen molar-refractivity contribution in [1.82, 2.24) is 9.97 Å². The van der Waals surface area contributed by atoms with E-state index in [1.807, 2.05) is 23.9 Å². The van der Waals surface area contributed by atoms with Crippen LogP contribution in [0, 0.1) is 0 Å². The van der Waals surface area contributed by atoms with Crippen LogP contribution in [-0.4, -0.2) is 9.97 Å². The third-order valence-electron chi connectivity index (χ3n) is 10.2. The monoisotopic (exact) mass is 654 g/mol. The average Bonchev–Trinajstić information content (AvgIpc) is 3.49. The summed E-state index contributed by atoms with van der Waals surface area (Å²) in [4.78, 5) is 12.8. The highest BCUT2D eigenvalue weighted by Crippen LogP contribution is 2.62. The molecule has 0 radical (unpaired) electrons. The summed E-state index contributed by atoms with van der Waals surface area (Å²) in [5, 5.41) is 0. The van der Waals surface area contributed by atoms with Crippen LogP contribution in [0.15, 0.2) is 192 Å². The number of benzene rings is 7. The average molecular weight is 655 g/mol. The van der Waals surface area contributed by atoms with Gasteiger partial charge in [-0.3, -0.25) is 0 Å². The number of hydrogen-bond acceptors (Lipinski definition) is 3. The molecule has 0 atom stereocenters. The first kappa shape index (κ1) is 28.9. The second-order valence-corrected chi connectivity index (χ2v) is 14.0. The molecule has 7 aromatic carbocycles. The Morgan fingerprint density at radius 3 is 1.50 bits per heavy atom. The molecule has 0 saturated heterocycles. The van der Waals surface area contributed by atoms with Gasteiger partial charge >= 0.3 is 0 Å². The van der Waals surface area contributed by atoms with E-state index in [1.54, 1.807) is 0 Å². The first-order valence-corrected chi connectivity index (χ1v) is 17.8. The maximum Gasteiger partial charge on any atom is 0.160 e. The van der Waals surface area contributed by atoms with Gasteiger partial charge in [-0.25, -0.2) is 9.97 Å². The Morgan fingerprint density at radius 1 is 0.340 bits per heavy atom. The largest absolute Gasteiger partial charge is 0.228 e. The summed E-state index contributed by atoms with van der Waals surface area (Å²) < 4.78 is 0. The smallest absolute Gasteiger partial charge is 0.160 e. The molecule has 10 rings (SSSR count). The van der Waals surface area contributed by atoms with Gasteiger partial charge in [0.25, 0.3) is 0 Å². The molecule has 1 aliphatic heterocycles. The Labute approximate surface area is 296 Å². The normalized spacial score (nSPS) is 13.3. The zero-order chi connectivity index (χ0) is 33.1. The summed E-state index contributed by atoms with van der Waals surface area (Å²) in [5.41, 5.74) is 14.8. The molecule has 50 heavy (non-hydrogen) atoms. The zero-order valence-electron chi connectivity index (χ0n) is 27.1. The molecule has 234 valence electrons. The summed E-state index contributed by atoms with van der Waals surface area (Å²) in [6.45, 7) is 0. The number of nitrogens with zero attached hydrogens (tertiary/aromatic N) is 2. The Hall–Kier alpha value is -6.03. The second kappa shape index (κ2) is 11.5. The highest BCUT2D eigenvalue weighted by Gasteiger charge is 2.50. The fourth-order valence-corrected chi connectivity index (χ4v) is 9.14. The van der Waals surface area contributed by atoms with Crippen molar-refractivity contribution in [1.29, 1.82) is 0 Å². The minimum atomic E-state index is -0.407. The van der Waals surface area contributed by atoms with E-state index in [0.29, 0.717) is 5.82 Å². The highest BCUT2D eigenvalue weighted by atomic mass is 32.2. The molecule has 2 heterocycles. The van der Waals surface area contributed by atoms with Gasteiger partial charge in [0, 0.05) is 26.5 Å². The molecular formula is C47H30N2S. The van der Waals surface area contributed by atoms with Gasteiger partial charge < -0.3 is 0 Å². The standard InChI is InChI=1S/C47H30N2S/c1-3-14-31(15-4-1)42-30-43(32-16-5-2-6-17-32)49-46(48-42)35-19-13-18-33(28-35)34-26-27-45-41(29-34)47(40-24-11-12-25-44(40)50-45)38-22-9-7-20-36(38)37-21-8-10-23-39(37)47/h1-30H. The van der Waals surface area contributed by atoms with Crippen LogP contribution in [0.2, 0.25) is 0 Å². The molecule has 0 fully saturated rings. The van der Waals surface area contributed by atoms with Crippen LogP contribution in [0.25, 0.3) is 56.2 Å². The van der Waals surface area contributed by atoms with Crippen LogP contribution >= 0.6 is 11.8 Å². The van der Waals surface area contributed by atoms with Gasteiger partial charge in [-0.15, -0.1) is 0 Å². The third kappa shape index (κ3) is 4.44. The van der Waals surface area contributed by atoms with Gasteiger partial charge in [0.05, 0.1) is 16.8 Å². The summed E-state index contributed by atoms with van der Waals surface area (Å²) in [6, 6.07) is 65.5. The summed E-state index contributed by atoms with van der Waals surface area (Å²) in [5.74, 6) is 0.713. The van der Waals surface area contributed by atoms with E-state index >= 15 is 0 Å². The predicted octanol–water partition coefficient (Wildman–Crippen LogP) is 12.0. The van der Waals surface area contributed by atoms with E-state index in [-0.39, 0.29) is 0 Å². The maximum absolute atomic E-state index is 5.12. The van der Waals surface area contributed by atoms with E-state index in [1.165, 1.54) is 48.7 Å². The first-order chi connectivity index (χ1) is 24.8. The van der Waals surface area contributed by atoms with Gasteiger partial charge in [0.2, 0.25) is 0 Å². The van der Waals surface area contributed by atoms with Crippen molar-refractivity contribution in [2.45, 2.75) is 15.2 Å². The van der Waals surface area contributed by atoms with E-state index in [2.05, 4.69) is 170 Å². The minimum Gasteiger partial charge on any atom is -0.228 e. The topological polar surface area (TPSA) is 25.8 Å². The Balaban J connectivity index is 1.15. The number of aromatic nitrogens is 2. The molecule has 2 nitrogen and oxygen atoms in total. The number of rotatable bonds is 4. The van der Waals surface area contributed by atoms with Crippen molar-refractivity contribution in [2.75, 3.05) is 0 Å². The Morgan fingerprint density at radius 2 is 0.840 bits per heavy atom. The molecule has 0 bridgehead atoms. The van der Waals surface area contributed by atoms with Crippen LogP contribution < -0.4 is 0 Å². The van der Waals surface area contributed by atoms with Gasteiger partial charge in [0.15, 0.2) is 5.82 Å². The van der Waals surface area contributed by atoms with E-state index in [9.17, 15) is 0 Å². The molecule has 0 saturated carbocycles. The molecule has 1 spiro atoms. The minimum absolute atomic E-state index is 0.407. The Bertz CT molecular complexity index is 2470. The maximum atomic E-state index is 5.12. The third-order valence-corrected chi connectivity index (χ3v) is 11.3. The van der Waals surface area contributed by atoms with Crippen LogP contribution in [0.5, 0.6) is 0 Å². The molecule has 3 heteroatoms. The molecule has 8 aromatic rings. The van der Waals surface area contributed by atoms with E-state index in [4.69, 9.17) is 9.97 Å². The fraction of sp³-hybridized carbons (Fsp3) is 0.0213. The first-order valence-electron chi connectivity index (χ1n) is 17.0. The number of hydrogen-bond donors (Lipinski definition) is 0. The van der Waals surface area contributed by atoms with Crippen molar-refractivity contribution in [3.8, 4) is 56.2 Å². The van der Waals surface area contributed by atoms with Crippen molar-refractivity contribution >= 4 is 11.8 Å². The van der Waals surface area contributed by atoms with E-state index in [0.717, 1.165) is 33.6 Å². The summed E-state index contributed by atoms with van der Waals surface area (Å²) in [7, 11) is 0. The van der Waals surface area contributed by atoms with Gasteiger partial charge in [-0.1, -0.05) is 163 Å². The van der Waals surface area contributed by atoms with Crippen LogP contribution in [0.1, 0.15) is 22.3 Å². The molecule has 1 aliphatic carbocycles. The Kier molecular flexibility index (Phi) is 6.68. The molecule has 0 amide bonds. The van der Waals surface area contributed by atoms with Crippen LogP contribution in [0.4, 0.5) is 0 Å². The zero-order valence-corrected chi connectivity index (χ0v) is 27.9. The lowest BCUT2D eigenvalue weighted by atomic mass is 9.67. The molecule has 0 unspecified atom stereocenters. The molecular weight excluding hydrogens is 625 g/mol. The van der Waals surface area contributed by atoms with Crippen molar-refractivity contribution in [2.24, 2.45) is 0 Å². The lowest BCUT2D eigenvalue weighted by Crippen LogP contribution is -2.32. The predicted molar refractivity (Wildman–Crippen MR) is 205 cm³/mol. The lowest BCUT2D eigenvalue weighted by molar-refractivity contribution is 0.723. The van der Waals surface area contributed by atoms with Crippen LogP contribution in [0.3, 0.4) is 0 Å². The fourth-order valence-electron chi connectivity index (χ4n) is 7.96. The van der Waals surface area contributed by atoms with Crippen molar-refractivity contribution in [3.05, 3.63) is 204 Å². The van der Waals surface area contributed by atoms with E-state index < -0.39 is 5.41 Å². The molecule has 1 aromatic heterocycles. The quantitative estimate of drug-likeness (QED) is 0.189. The second-order valence-electron chi connectivity index (χ2n) is 12.9. The number of fused-ring (bicyclic) bond motifs is 9. The summed E-state index contributed by atoms with van der Waals surface area (Å²) in [6.07, 6.45) is 0. The highest BCUT2D eigenvalue weighted by molar-refractivity contribution is 7.99.